The highest BCUT2D eigenvalue weighted by Gasteiger charge is 2.31. The average molecular weight is 278 g/mol. The topological polar surface area (TPSA) is 38.0 Å². The van der Waals surface area contributed by atoms with Crippen LogP contribution in [0.3, 0.4) is 0 Å². The molecule has 1 aromatic heterocycles. The van der Waals surface area contributed by atoms with Crippen LogP contribution in [-0.2, 0) is 19.4 Å². The Morgan fingerprint density at radius 2 is 2.10 bits per heavy atom. The van der Waals surface area contributed by atoms with Gasteiger partial charge in [-0.3, -0.25) is 4.68 Å². The summed E-state index contributed by atoms with van der Waals surface area (Å²) >= 11 is 0. The first-order valence-electron chi connectivity index (χ1n) is 8.28. The highest BCUT2D eigenvalue weighted by Crippen LogP contribution is 2.35. The summed E-state index contributed by atoms with van der Waals surface area (Å²) in [5, 5.41) is 15.0. The van der Waals surface area contributed by atoms with Gasteiger partial charge in [0.05, 0.1) is 11.8 Å². The van der Waals surface area contributed by atoms with Crippen molar-refractivity contribution in [3.63, 3.8) is 0 Å². The van der Waals surface area contributed by atoms with E-state index in [4.69, 9.17) is 0 Å². The summed E-state index contributed by atoms with van der Waals surface area (Å²) in [5.41, 5.74) is 2.48. The smallest absolute Gasteiger partial charge is 0.0624 e. The monoisotopic (exact) mass is 278 g/mol. The maximum atomic E-state index is 10.3. The summed E-state index contributed by atoms with van der Waals surface area (Å²) in [5.74, 6) is 1.90. The highest BCUT2D eigenvalue weighted by molar-refractivity contribution is 5.12. The average Bonchev–Trinajstić information content (AvgIpc) is 2.83. The molecular weight excluding hydrogens is 248 g/mol. The van der Waals surface area contributed by atoms with Gasteiger partial charge in [0.25, 0.3) is 0 Å². The fraction of sp³-hybridized carbons (Fsp3) is 0.824. The van der Waals surface area contributed by atoms with Crippen LogP contribution in [0, 0.1) is 17.8 Å². The molecule has 3 unspecified atom stereocenters. The Morgan fingerprint density at radius 1 is 1.35 bits per heavy atom. The van der Waals surface area contributed by atoms with Crippen molar-refractivity contribution in [2.75, 3.05) is 0 Å². The Hall–Kier alpha value is -0.830. The molecule has 0 amide bonds. The molecule has 1 N–H and O–H groups in total. The largest absolute Gasteiger partial charge is 0.393 e. The quantitative estimate of drug-likeness (QED) is 0.896. The Bertz CT molecular complexity index is 425. The minimum Gasteiger partial charge on any atom is -0.393 e. The Morgan fingerprint density at radius 3 is 2.70 bits per heavy atom. The van der Waals surface area contributed by atoms with E-state index < -0.39 is 0 Å². The van der Waals surface area contributed by atoms with Crippen LogP contribution in [-0.4, -0.2) is 21.0 Å². The van der Waals surface area contributed by atoms with Gasteiger partial charge in [0.2, 0.25) is 0 Å². The third-order valence-corrected chi connectivity index (χ3v) is 4.97. The summed E-state index contributed by atoms with van der Waals surface area (Å²) in [6, 6.07) is 2.23. The molecule has 1 saturated carbocycles. The summed E-state index contributed by atoms with van der Waals surface area (Å²) < 4.78 is 2.12. The van der Waals surface area contributed by atoms with Crippen molar-refractivity contribution in [3.05, 3.63) is 17.5 Å². The van der Waals surface area contributed by atoms with E-state index in [2.05, 4.69) is 43.5 Å². The van der Waals surface area contributed by atoms with Gasteiger partial charge in [0.15, 0.2) is 0 Å². The lowest BCUT2D eigenvalue weighted by Crippen LogP contribution is -2.33. The van der Waals surface area contributed by atoms with Gasteiger partial charge in [-0.2, -0.15) is 5.10 Å². The lowest BCUT2D eigenvalue weighted by atomic mass is 9.73. The molecule has 20 heavy (non-hydrogen) atoms. The van der Waals surface area contributed by atoms with Gasteiger partial charge < -0.3 is 5.11 Å². The summed E-state index contributed by atoms with van der Waals surface area (Å²) in [6.07, 6.45) is 5.15. The zero-order valence-electron chi connectivity index (χ0n) is 13.5. The molecule has 1 aliphatic carbocycles. The molecule has 0 saturated heterocycles. The fourth-order valence-corrected chi connectivity index (χ4v) is 3.50. The lowest BCUT2D eigenvalue weighted by Gasteiger charge is -2.35. The number of hydrogen-bond acceptors (Lipinski definition) is 2. The zero-order valence-corrected chi connectivity index (χ0v) is 13.5. The highest BCUT2D eigenvalue weighted by atomic mass is 16.3. The van der Waals surface area contributed by atoms with E-state index in [1.807, 2.05) is 0 Å². The fourth-order valence-electron chi connectivity index (χ4n) is 3.50. The second kappa shape index (κ2) is 6.75. The van der Waals surface area contributed by atoms with E-state index in [-0.39, 0.29) is 6.10 Å². The maximum Gasteiger partial charge on any atom is 0.0624 e. The lowest BCUT2D eigenvalue weighted by molar-refractivity contribution is 0.0369. The SMILES string of the molecule is CCc1cc(CC2CC(C(C)C)CCC2O)n(CC)n1. The molecule has 3 atom stereocenters. The second-order valence-corrected chi connectivity index (χ2v) is 6.65. The van der Waals surface area contributed by atoms with Gasteiger partial charge in [-0.15, -0.1) is 0 Å². The third-order valence-electron chi connectivity index (χ3n) is 4.97. The first kappa shape index (κ1) is 15.6. The van der Waals surface area contributed by atoms with Gasteiger partial charge in [-0.1, -0.05) is 20.8 Å². The molecule has 0 bridgehead atoms. The van der Waals surface area contributed by atoms with Crippen LogP contribution in [0.4, 0.5) is 0 Å². The summed E-state index contributed by atoms with van der Waals surface area (Å²) in [6.45, 7) is 9.84. The third kappa shape index (κ3) is 3.43. The van der Waals surface area contributed by atoms with E-state index in [1.54, 1.807) is 0 Å². The summed E-state index contributed by atoms with van der Waals surface area (Å²) in [4.78, 5) is 0. The molecule has 1 heterocycles. The predicted molar refractivity (Wildman–Crippen MR) is 82.7 cm³/mol. The number of nitrogens with zero attached hydrogens (tertiary/aromatic N) is 2. The molecule has 0 radical (unpaired) electrons. The van der Waals surface area contributed by atoms with Gasteiger partial charge in [0.1, 0.15) is 0 Å². The Labute approximate surface area is 123 Å². The number of aromatic nitrogens is 2. The van der Waals surface area contributed by atoms with E-state index >= 15 is 0 Å². The standard InChI is InChI=1S/C17H30N2O/c1-5-15-11-16(19(6-2)18-15)10-14-9-13(12(3)4)7-8-17(14)20/h11-14,17,20H,5-10H2,1-4H3. The summed E-state index contributed by atoms with van der Waals surface area (Å²) in [7, 11) is 0. The number of aryl methyl sites for hydroxylation is 2. The maximum absolute atomic E-state index is 10.3. The second-order valence-electron chi connectivity index (χ2n) is 6.65. The van der Waals surface area contributed by atoms with Crippen LogP contribution >= 0.6 is 0 Å². The molecule has 3 heteroatoms. The van der Waals surface area contributed by atoms with Crippen LogP contribution in [0.25, 0.3) is 0 Å². The number of rotatable bonds is 5. The minimum atomic E-state index is -0.129. The number of hydrogen-bond donors (Lipinski definition) is 1. The molecule has 114 valence electrons. The molecule has 0 aromatic carbocycles. The van der Waals surface area contributed by atoms with E-state index in [9.17, 15) is 5.11 Å². The molecule has 3 nitrogen and oxygen atoms in total. The first-order chi connectivity index (χ1) is 9.55. The van der Waals surface area contributed by atoms with E-state index in [0.29, 0.717) is 5.92 Å². The molecular formula is C17H30N2O. The van der Waals surface area contributed by atoms with Crippen molar-refractivity contribution < 1.29 is 5.11 Å². The van der Waals surface area contributed by atoms with Crippen molar-refractivity contribution in [1.29, 1.82) is 0 Å². The Kier molecular flexibility index (Phi) is 5.25. The molecule has 0 aliphatic heterocycles. The van der Waals surface area contributed by atoms with Crippen LogP contribution < -0.4 is 0 Å². The van der Waals surface area contributed by atoms with Crippen molar-refractivity contribution in [2.45, 2.75) is 72.4 Å². The van der Waals surface area contributed by atoms with Crippen LogP contribution in [0.15, 0.2) is 6.07 Å². The molecule has 2 rings (SSSR count). The number of aliphatic hydroxyl groups is 1. The van der Waals surface area contributed by atoms with Crippen LogP contribution in [0.5, 0.6) is 0 Å². The predicted octanol–water partition coefficient (Wildman–Crippen LogP) is 3.44. The molecule has 1 fully saturated rings. The first-order valence-corrected chi connectivity index (χ1v) is 8.28. The van der Waals surface area contributed by atoms with Crippen LogP contribution in [0.2, 0.25) is 0 Å². The van der Waals surface area contributed by atoms with Gasteiger partial charge in [-0.25, -0.2) is 0 Å². The van der Waals surface area contributed by atoms with Gasteiger partial charge >= 0.3 is 0 Å². The van der Waals surface area contributed by atoms with Crippen molar-refractivity contribution in [3.8, 4) is 0 Å². The minimum absolute atomic E-state index is 0.129. The Balaban J connectivity index is 2.09. The van der Waals surface area contributed by atoms with E-state index in [1.165, 1.54) is 17.8 Å². The van der Waals surface area contributed by atoms with Crippen molar-refractivity contribution in [2.24, 2.45) is 17.8 Å². The van der Waals surface area contributed by atoms with Gasteiger partial charge in [-0.05, 0) is 62.8 Å². The van der Waals surface area contributed by atoms with E-state index in [0.717, 1.165) is 44.1 Å². The van der Waals surface area contributed by atoms with Crippen molar-refractivity contribution >= 4 is 0 Å². The molecule has 0 spiro atoms. The van der Waals surface area contributed by atoms with Crippen molar-refractivity contribution in [1.82, 2.24) is 9.78 Å². The molecule has 1 aromatic rings. The van der Waals surface area contributed by atoms with Gasteiger partial charge in [0, 0.05) is 12.2 Å². The number of aliphatic hydroxyl groups excluding tert-OH is 1. The normalized spacial score (nSPS) is 27.2. The molecule has 1 aliphatic rings. The van der Waals surface area contributed by atoms with Crippen LogP contribution in [0.1, 0.15) is 58.3 Å². The zero-order chi connectivity index (χ0) is 14.7.